The molecule has 1 aromatic carbocycles. The Hall–Kier alpha value is -0.770. The van der Waals surface area contributed by atoms with Crippen molar-refractivity contribution in [2.45, 2.75) is 13.8 Å². The monoisotopic (exact) mass is 241 g/mol. The van der Waals surface area contributed by atoms with Gasteiger partial charge in [0.2, 0.25) is 0 Å². The molecule has 0 aliphatic heterocycles. The average molecular weight is 242 g/mol. The molecule has 2 nitrogen and oxygen atoms in total. The molecule has 0 amide bonds. The highest BCUT2D eigenvalue weighted by Crippen LogP contribution is 2.51. The van der Waals surface area contributed by atoms with Gasteiger partial charge in [-0.1, -0.05) is 29.8 Å². The average Bonchev–Trinajstić information content (AvgIpc) is 2.17. The third-order valence-corrected chi connectivity index (χ3v) is 5.23. The van der Waals surface area contributed by atoms with Crippen molar-refractivity contribution in [3.63, 3.8) is 0 Å². The Bertz CT molecular complexity index is 421. The van der Waals surface area contributed by atoms with Crippen molar-refractivity contribution in [1.29, 1.82) is 5.26 Å². The first-order chi connectivity index (χ1) is 6.95. The van der Waals surface area contributed by atoms with Crippen LogP contribution < -0.4 is 5.30 Å². The predicted octanol–water partition coefficient (Wildman–Crippen LogP) is 3.30. The van der Waals surface area contributed by atoms with Crippen LogP contribution in [0.2, 0.25) is 0 Å². The fourth-order valence-corrected chi connectivity index (χ4v) is 3.82. The van der Waals surface area contributed by atoms with Crippen LogP contribution in [0.25, 0.3) is 0 Å². The summed E-state index contributed by atoms with van der Waals surface area (Å²) in [5.74, 6) is -0.283. The number of halogens is 1. The van der Waals surface area contributed by atoms with E-state index >= 15 is 0 Å². The second kappa shape index (κ2) is 4.84. The fraction of sp³-hybridized carbons (Fsp3) is 0.364. The van der Waals surface area contributed by atoms with E-state index in [-0.39, 0.29) is 12.1 Å². The Balaban J connectivity index is 2.92. The molecule has 0 heterocycles. The van der Waals surface area contributed by atoms with Crippen molar-refractivity contribution in [3.05, 3.63) is 29.8 Å². The molecule has 0 saturated carbocycles. The number of hydrogen-bond acceptors (Lipinski definition) is 2. The molecule has 0 fully saturated rings. The molecule has 0 saturated heterocycles. The summed E-state index contributed by atoms with van der Waals surface area (Å²) in [6.45, 7) is 0.797. The van der Waals surface area contributed by atoms with E-state index in [2.05, 4.69) is 0 Å². The van der Waals surface area contributed by atoms with E-state index in [1.165, 1.54) is 0 Å². The highest BCUT2D eigenvalue weighted by Gasteiger charge is 2.24. The van der Waals surface area contributed by atoms with E-state index < -0.39 is 6.49 Å². The lowest BCUT2D eigenvalue weighted by Crippen LogP contribution is -2.07. The van der Waals surface area contributed by atoms with Crippen LogP contribution in [0.15, 0.2) is 24.3 Å². The quantitative estimate of drug-likeness (QED) is 0.762. The van der Waals surface area contributed by atoms with E-state index in [0.717, 1.165) is 5.56 Å². The Kier molecular flexibility index (Phi) is 3.97. The Labute approximate surface area is 95.0 Å². The molecule has 4 heteroatoms. The summed E-state index contributed by atoms with van der Waals surface area (Å²) >= 11 is 5.99. The third-order valence-electron chi connectivity index (χ3n) is 2.15. The van der Waals surface area contributed by atoms with Crippen LogP contribution in [-0.4, -0.2) is 6.16 Å². The van der Waals surface area contributed by atoms with Crippen LogP contribution >= 0.6 is 17.7 Å². The van der Waals surface area contributed by atoms with Gasteiger partial charge in [0, 0.05) is 11.5 Å². The van der Waals surface area contributed by atoms with Crippen molar-refractivity contribution in [2.24, 2.45) is 5.92 Å². The summed E-state index contributed by atoms with van der Waals surface area (Å²) in [5, 5.41) is 9.30. The number of nitriles is 1. The van der Waals surface area contributed by atoms with E-state index in [1.54, 1.807) is 19.1 Å². The van der Waals surface area contributed by atoms with Gasteiger partial charge in [0.1, 0.15) is 0 Å². The Morgan fingerprint density at radius 1 is 1.47 bits per heavy atom. The topological polar surface area (TPSA) is 40.9 Å². The van der Waals surface area contributed by atoms with Crippen LogP contribution in [0.4, 0.5) is 0 Å². The van der Waals surface area contributed by atoms with Crippen LogP contribution in [0.5, 0.6) is 0 Å². The third kappa shape index (κ3) is 3.38. The molecule has 0 aliphatic carbocycles. The van der Waals surface area contributed by atoms with Gasteiger partial charge < -0.3 is 4.57 Å². The molecule has 0 radical (unpaired) electrons. The number of benzene rings is 1. The fourth-order valence-electron chi connectivity index (χ4n) is 1.27. The molecular weight excluding hydrogens is 229 g/mol. The van der Waals surface area contributed by atoms with E-state index in [4.69, 9.17) is 16.5 Å². The van der Waals surface area contributed by atoms with Crippen LogP contribution in [0.1, 0.15) is 12.5 Å². The molecule has 0 aliphatic rings. The Morgan fingerprint density at radius 2 is 2.00 bits per heavy atom. The molecule has 2 atom stereocenters. The molecular formula is C11H13ClNOP. The van der Waals surface area contributed by atoms with Crippen LogP contribution in [0.3, 0.4) is 0 Å². The highest BCUT2D eigenvalue weighted by molar-refractivity contribution is 7.95. The maximum atomic E-state index is 12.1. The molecule has 1 rings (SSSR count). The van der Waals surface area contributed by atoms with Crippen molar-refractivity contribution in [1.82, 2.24) is 0 Å². The summed E-state index contributed by atoms with van der Waals surface area (Å²) in [5.41, 5.74) is 1.10. The van der Waals surface area contributed by atoms with Gasteiger partial charge in [-0.25, -0.2) is 0 Å². The van der Waals surface area contributed by atoms with E-state index in [9.17, 15) is 4.57 Å². The molecule has 0 aromatic heterocycles. The normalized spacial score (nSPS) is 16.4. The molecule has 0 spiro atoms. The SMILES string of the molecule is Cc1ccc(P(=O)(Cl)CC(C)C#N)cc1. The number of hydrogen-bond donors (Lipinski definition) is 0. The second-order valence-electron chi connectivity index (χ2n) is 3.70. The first-order valence-corrected chi connectivity index (χ1v) is 7.51. The summed E-state index contributed by atoms with van der Waals surface area (Å²) in [6.07, 6.45) is 0.230. The number of rotatable bonds is 3. The molecule has 0 bridgehead atoms. The van der Waals surface area contributed by atoms with Crippen LogP contribution in [-0.2, 0) is 4.57 Å². The molecule has 0 N–H and O–H groups in total. The first kappa shape index (κ1) is 12.3. The zero-order chi connectivity index (χ0) is 11.5. The number of nitrogens with zero attached hydrogens (tertiary/aromatic N) is 1. The maximum Gasteiger partial charge on any atom is 0.198 e. The largest absolute Gasteiger partial charge is 0.302 e. The van der Waals surface area contributed by atoms with E-state index in [0.29, 0.717) is 5.30 Å². The second-order valence-corrected chi connectivity index (χ2v) is 7.52. The minimum atomic E-state index is -2.89. The zero-order valence-corrected chi connectivity index (χ0v) is 10.4. The number of aryl methyl sites for hydroxylation is 1. The molecule has 1 aromatic rings. The summed E-state index contributed by atoms with van der Waals surface area (Å²) in [7, 11) is 0. The van der Waals surface area contributed by atoms with Gasteiger partial charge in [-0.3, -0.25) is 0 Å². The van der Waals surface area contributed by atoms with Gasteiger partial charge in [0.25, 0.3) is 0 Å². The van der Waals surface area contributed by atoms with Crippen LogP contribution in [0, 0.1) is 24.2 Å². The Morgan fingerprint density at radius 3 is 2.47 bits per heavy atom. The first-order valence-electron chi connectivity index (χ1n) is 4.71. The molecule has 2 unspecified atom stereocenters. The smallest absolute Gasteiger partial charge is 0.198 e. The lowest BCUT2D eigenvalue weighted by Gasteiger charge is -2.11. The van der Waals surface area contributed by atoms with Crippen molar-refractivity contribution in [3.8, 4) is 6.07 Å². The van der Waals surface area contributed by atoms with Gasteiger partial charge in [-0.05, 0) is 25.1 Å². The molecule has 15 heavy (non-hydrogen) atoms. The van der Waals surface area contributed by atoms with Crippen molar-refractivity contribution < 1.29 is 4.57 Å². The summed E-state index contributed by atoms with van der Waals surface area (Å²) in [6, 6.07) is 9.34. The maximum absolute atomic E-state index is 12.1. The zero-order valence-electron chi connectivity index (χ0n) is 8.77. The van der Waals surface area contributed by atoms with Gasteiger partial charge >= 0.3 is 0 Å². The lowest BCUT2D eigenvalue weighted by atomic mass is 10.2. The van der Waals surface area contributed by atoms with Gasteiger partial charge in [0.15, 0.2) is 6.49 Å². The van der Waals surface area contributed by atoms with Gasteiger partial charge in [0.05, 0.1) is 12.0 Å². The summed E-state index contributed by atoms with van der Waals surface area (Å²) < 4.78 is 12.1. The van der Waals surface area contributed by atoms with Crippen molar-refractivity contribution >= 4 is 23.0 Å². The summed E-state index contributed by atoms with van der Waals surface area (Å²) in [4.78, 5) is 0. The van der Waals surface area contributed by atoms with E-state index in [1.807, 2.05) is 25.1 Å². The highest BCUT2D eigenvalue weighted by atomic mass is 35.7. The lowest BCUT2D eigenvalue weighted by molar-refractivity contribution is 0.586. The molecule has 80 valence electrons. The standard InChI is InChI=1S/C11H13ClNOP/c1-9-3-5-11(6-4-9)15(12,14)8-10(2)7-13/h3-6,10H,8H2,1-2H3. The van der Waals surface area contributed by atoms with Crippen molar-refractivity contribution in [2.75, 3.05) is 6.16 Å². The minimum absolute atomic E-state index is 0.230. The predicted molar refractivity (Wildman–Crippen MR) is 63.9 cm³/mol. The van der Waals surface area contributed by atoms with Gasteiger partial charge in [-0.2, -0.15) is 5.26 Å². The van der Waals surface area contributed by atoms with Gasteiger partial charge in [-0.15, -0.1) is 0 Å². The minimum Gasteiger partial charge on any atom is -0.302 e.